The Morgan fingerprint density at radius 2 is 1.96 bits per heavy atom. The van der Waals surface area contributed by atoms with Gasteiger partial charge in [0.05, 0.1) is 6.04 Å². The molecule has 26 heavy (non-hydrogen) atoms. The number of urea groups is 1. The fraction of sp³-hybridized carbons (Fsp3) is 0.300. The largest absolute Gasteiger partial charge is 0.349 e. The highest BCUT2D eigenvalue weighted by atomic mass is 32.2. The number of nitrogens with one attached hydrogen (secondary N) is 3. The first-order valence-corrected chi connectivity index (χ1v) is 10.0. The molecule has 3 amide bonds. The zero-order chi connectivity index (χ0) is 18.4. The Morgan fingerprint density at radius 1 is 1.19 bits per heavy atom. The molecule has 1 saturated heterocycles. The van der Waals surface area contributed by atoms with Gasteiger partial charge in [-0.1, -0.05) is 36.4 Å². The Labute approximate surface area is 157 Å². The standard InChI is InChI=1S/C20H23N3O2S/c1-26-13-15-7-5-14(6-8-15)12-21-20(25)22-17-4-2-3-16(11-17)18-9-10-19(24)23-18/h2-8,11,18H,9-10,12-13H2,1H3,(H,23,24)(H2,21,22,25). The number of rotatable bonds is 6. The molecule has 0 spiro atoms. The number of carbonyl (C=O) groups excluding carboxylic acids is 2. The summed E-state index contributed by atoms with van der Waals surface area (Å²) in [5, 5.41) is 8.66. The minimum absolute atomic E-state index is 0.0344. The van der Waals surface area contributed by atoms with Crippen LogP contribution in [0.5, 0.6) is 0 Å². The summed E-state index contributed by atoms with van der Waals surface area (Å²) in [7, 11) is 0. The van der Waals surface area contributed by atoms with Crippen molar-refractivity contribution in [1.82, 2.24) is 10.6 Å². The van der Waals surface area contributed by atoms with Crippen LogP contribution < -0.4 is 16.0 Å². The van der Waals surface area contributed by atoms with Crippen molar-refractivity contribution in [3.8, 4) is 0 Å². The summed E-state index contributed by atoms with van der Waals surface area (Å²) in [5.41, 5.74) is 4.07. The molecular formula is C20H23N3O2S. The number of benzene rings is 2. The molecule has 3 N–H and O–H groups in total. The summed E-state index contributed by atoms with van der Waals surface area (Å²) >= 11 is 1.79. The topological polar surface area (TPSA) is 70.2 Å². The first-order valence-electron chi connectivity index (χ1n) is 8.65. The molecule has 1 aliphatic heterocycles. The van der Waals surface area contributed by atoms with Crippen LogP contribution in [0.1, 0.15) is 35.6 Å². The van der Waals surface area contributed by atoms with Gasteiger partial charge >= 0.3 is 6.03 Å². The van der Waals surface area contributed by atoms with E-state index in [2.05, 4.69) is 34.3 Å². The van der Waals surface area contributed by atoms with Crippen LogP contribution in [0.15, 0.2) is 48.5 Å². The fourth-order valence-corrected chi connectivity index (χ4v) is 3.50. The Hall–Kier alpha value is -2.47. The first kappa shape index (κ1) is 18.3. The maximum atomic E-state index is 12.1. The molecule has 2 aromatic rings. The van der Waals surface area contributed by atoms with E-state index in [4.69, 9.17) is 0 Å². The Bertz CT molecular complexity index is 777. The molecule has 1 unspecified atom stereocenters. The SMILES string of the molecule is CSCc1ccc(CNC(=O)Nc2cccc(C3CCC(=O)N3)c2)cc1. The summed E-state index contributed by atoms with van der Waals surface area (Å²) in [6.07, 6.45) is 3.43. The van der Waals surface area contributed by atoms with E-state index in [1.807, 2.05) is 36.4 Å². The fourth-order valence-electron chi connectivity index (χ4n) is 2.97. The lowest BCUT2D eigenvalue weighted by atomic mass is 10.0. The molecule has 0 aliphatic carbocycles. The first-order chi connectivity index (χ1) is 12.6. The van der Waals surface area contributed by atoms with Gasteiger partial charge in [-0.25, -0.2) is 4.79 Å². The van der Waals surface area contributed by atoms with E-state index in [1.54, 1.807) is 11.8 Å². The Kier molecular flexibility index (Phi) is 6.17. The summed E-state index contributed by atoms with van der Waals surface area (Å²) in [4.78, 5) is 23.5. The highest BCUT2D eigenvalue weighted by Gasteiger charge is 2.22. The summed E-state index contributed by atoms with van der Waals surface area (Å²) in [5.74, 6) is 1.07. The lowest BCUT2D eigenvalue weighted by molar-refractivity contribution is -0.119. The molecule has 1 heterocycles. The van der Waals surface area contributed by atoms with E-state index in [1.165, 1.54) is 5.56 Å². The number of amides is 3. The van der Waals surface area contributed by atoms with E-state index in [9.17, 15) is 9.59 Å². The van der Waals surface area contributed by atoms with Crippen molar-refractivity contribution in [2.75, 3.05) is 11.6 Å². The molecule has 136 valence electrons. The predicted octanol–water partition coefficient (Wildman–Crippen LogP) is 3.82. The van der Waals surface area contributed by atoms with Crippen molar-refractivity contribution in [2.24, 2.45) is 0 Å². The molecular weight excluding hydrogens is 346 g/mol. The highest BCUT2D eigenvalue weighted by Crippen LogP contribution is 2.25. The molecule has 2 aromatic carbocycles. The van der Waals surface area contributed by atoms with Gasteiger partial charge in [0.15, 0.2) is 0 Å². The van der Waals surface area contributed by atoms with Crippen LogP contribution in [-0.4, -0.2) is 18.2 Å². The van der Waals surface area contributed by atoms with Gasteiger partial charge in [0.25, 0.3) is 0 Å². The van der Waals surface area contributed by atoms with Gasteiger partial charge in [-0.3, -0.25) is 4.79 Å². The lowest BCUT2D eigenvalue weighted by Gasteiger charge is -2.13. The summed E-state index contributed by atoms with van der Waals surface area (Å²) < 4.78 is 0. The van der Waals surface area contributed by atoms with Gasteiger partial charge in [0.1, 0.15) is 0 Å². The normalized spacial score (nSPS) is 16.2. The van der Waals surface area contributed by atoms with Crippen molar-refractivity contribution >= 4 is 29.4 Å². The zero-order valence-electron chi connectivity index (χ0n) is 14.7. The lowest BCUT2D eigenvalue weighted by Crippen LogP contribution is -2.28. The van der Waals surface area contributed by atoms with Gasteiger partial charge in [-0.15, -0.1) is 0 Å². The van der Waals surface area contributed by atoms with Crippen LogP contribution in [0, 0.1) is 0 Å². The van der Waals surface area contributed by atoms with Crippen LogP contribution in [-0.2, 0) is 17.1 Å². The number of hydrogen-bond acceptors (Lipinski definition) is 3. The van der Waals surface area contributed by atoms with Gasteiger partial charge in [-0.2, -0.15) is 11.8 Å². The van der Waals surface area contributed by atoms with Crippen LogP contribution in [0.2, 0.25) is 0 Å². The van der Waals surface area contributed by atoms with Crippen LogP contribution in [0.4, 0.5) is 10.5 Å². The molecule has 0 saturated carbocycles. The summed E-state index contributed by atoms with van der Waals surface area (Å²) in [6, 6.07) is 15.7. The van der Waals surface area contributed by atoms with Gasteiger partial charge in [0.2, 0.25) is 5.91 Å². The molecule has 1 atom stereocenters. The molecule has 1 fully saturated rings. The van der Waals surface area contributed by atoms with Crippen molar-refractivity contribution in [2.45, 2.75) is 31.2 Å². The maximum absolute atomic E-state index is 12.1. The van der Waals surface area contributed by atoms with Crippen molar-refractivity contribution < 1.29 is 9.59 Å². The highest BCUT2D eigenvalue weighted by molar-refractivity contribution is 7.97. The van der Waals surface area contributed by atoms with Gasteiger partial charge < -0.3 is 16.0 Å². The molecule has 0 aromatic heterocycles. The number of anilines is 1. The molecule has 0 radical (unpaired) electrons. The van der Waals surface area contributed by atoms with E-state index in [0.717, 1.165) is 29.0 Å². The predicted molar refractivity (Wildman–Crippen MR) is 106 cm³/mol. The molecule has 1 aliphatic rings. The number of carbonyl (C=O) groups is 2. The second-order valence-electron chi connectivity index (χ2n) is 6.34. The minimum Gasteiger partial charge on any atom is -0.349 e. The average molecular weight is 369 g/mol. The Morgan fingerprint density at radius 3 is 2.65 bits per heavy atom. The average Bonchev–Trinajstić information content (AvgIpc) is 3.08. The van der Waals surface area contributed by atoms with Crippen LogP contribution in [0.25, 0.3) is 0 Å². The van der Waals surface area contributed by atoms with Crippen molar-refractivity contribution in [1.29, 1.82) is 0 Å². The monoisotopic (exact) mass is 369 g/mol. The van der Waals surface area contributed by atoms with E-state index in [0.29, 0.717) is 13.0 Å². The molecule has 5 nitrogen and oxygen atoms in total. The van der Waals surface area contributed by atoms with E-state index in [-0.39, 0.29) is 18.0 Å². The second-order valence-corrected chi connectivity index (χ2v) is 7.21. The zero-order valence-corrected chi connectivity index (χ0v) is 15.6. The van der Waals surface area contributed by atoms with Crippen molar-refractivity contribution in [3.63, 3.8) is 0 Å². The third kappa shape index (κ3) is 5.02. The van der Waals surface area contributed by atoms with Gasteiger partial charge in [0, 0.05) is 24.4 Å². The molecule has 0 bridgehead atoms. The summed E-state index contributed by atoms with van der Waals surface area (Å²) in [6.45, 7) is 0.476. The molecule has 6 heteroatoms. The third-order valence-electron chi connectivity index (χ3n) is 4.33. The van der Waals surface area contributed by atoms with Crippen LogP contribution in [0.3, 0.4) is 0 Å². The van der Waals surface area contributed by atoms with Crippen molar-refractivity contribution in [3.05, 3.63) is 65.2 Å². The third-order valence-corrected chi connectivity index (χ3v) is 4.95. The quantitative estimate of drug-likeness (QED) is 0.725. The van der Waals surface area contributed by atoms with E-state index < -0.39 is 0 Å². The smallest absolute Gasteiger partial charge is 0.319 e. The van der Waals surface area contributed by atoms with Gasteiger partial charge in [-0.05, 0) is 41.5 Å². The van der Waals surface area contributed by atoms with E-state index >= 15 is 0 Å². The Balaban J connectivity index is 1.52. The van der Waals surface area contributed by atoms with Crippen LogP contribution >= 0.6 is 11.8 Å². The maximum Gasteiger partial charge on any atom is 0.319 e. The minimum atomic E-state index is -0.245. The number of thioether (sulfide) groups is 1. The molecule has 3 rings (SSSR count). The second kappa shape index (κ2) is 8.76. The number of hydrogen-bond donors (Lipinski definition) is 3.